The van der Waals surface area contributed by atoms with Crippen molar-refractivity contribution in [2.45, 2.75) is 18.9 Å². The summed E-state index contributed by atoms with van der Waals surface area (Å²) in [6, 6.07) is 4.15. The van der Waals surface area contributed by atoms with Crippen LogP contribution in [-0.4, -0.2) is 25.5 Å². The highest BCUT2D eigenvalue weighted by molar-refractivity contribution is 7.90. The maximum atomic E-state index is 11.7. The van der Waals surface area contributed by atoms with E-state index in [1.807, 2.05) is 0 Å². The predicted octanol–water partition coefficient (Wildman–Crippen LogP) is 1.45. The van der Waals surface area contributed by atoms with Gasteiger partial charge >= 0.3 is 5.97 Å². The Balaban J connectivity index is 2.28. The zero-order chi connectivity index (χ0) is 13.3. The molecule has 1 aliphatic rings. The number of anilines is 1. The van der Waals surface area contributed by atoms with E-state index in [1.54, 1.807) is 0 Å². The number of nitrogens with one attached hydrogen (secondary N) is 2. The van der Waals surface area contributed by atoms with Gasteiger partial charge in [-0.3, -0.25) is 4.72 Å². The second-order valence-corrected chi connectivity index (χ2v) is 5.82. The molecule has 0 amide bonds. The van der Waals surface area contributed by atoms with Gasteiger partial charge in [-0.15, -0.1) is 0 Å². The summed E-state index contributed by atoms with van der Waals surface area (Å²) in [5, 5.41) is 8.98. The molecule has 1 aromatic carbocycles. The maximum absolute atomic E-state index is 11.7. The molecule has 98 valence electrons. The van der Waals surface area contributed by atoms with E-state index in [0.717, 1.165) is 12.8 Å². The van der Waals surface area contributed by atoms with Gasteiger partial charge in [0, 0.05) is 6.04 Å². The van der Waals surface area contributed by atoms with E-state index in [1.165, 1.54) is 18.2 Å². The van der Waals surface area contributed by atoms with E-state index in [9.17, 15) is 13.2 Å². The quantitative estimate of drug-likeness (QED) is 0.765. The molecule has 0 atom stereocenters. The number of carboxylic acids is 1. The van der Waals surface area contributed by atoms with Crippen LogP contribution in [0.1, 0.15) is 23.2 Å². The third-order valence-electron chi connectivity index (χ3n) is 2.37. The summed E-state index contributed by atoms with van der Waals surface area (Å²) in [4.78, 5) is 11.0. The molecule has 3 N–H and O–H groups in total. The van der Waals surface area contributed by atoms with E-state index >= 15 is 0 Å². The number of hydrogen-bond acceptors (Lipinski definition) is 3. The van der Waals surface area contributed by atoms with Gasteiger partial charge in [-0.2, -0.15) is 13.1 Å². The normalized spacial score (nSPS) is 15.4. The van der Waals surface area contributed by atoms with Crippen LogP contribution in [0.3, 0.4) is 0 Å². The fraction of sp³-hybridized carbons (Fsp3) is 0.300. The molecule has 0 saturated heterocycles. The molecule has 0 bridgehead atoms. The van der Waals surface area contributed by atoms with Crippen LogP contribution in [0.4, 0.5) is 5.69 Å². The SMILES string of the molecule is O=C(O)c1c(Cl)cccc1NS(=O)(=O)NC1CC1. The van der Waals surface area contributed by atoms with E-state index < -0.39 is 16.2 Å². The monoisotopic (exact) mass is 290 g/mol. The molecule has 0 unspecified atom stereocenters. The fourth-order valence-corrected chi connectivity index (χ4v) is 2.87. The number of carboxylic acid groups (broad SMARTS) is 1. The molecule has 2 rings (SSSR count). The first-order chi connectivity index (χ1) is 8.39. The molecule has 0 aliphatic heterocycles. The van der Waals surface area contributed by atoms with E-state index in [4.69, 9.17) is 16.7 Å². The maximum Gasteiger partial charge on any atom is 0.339 e. The Kier molecular flexibility index (Phi) is 3.47. The van der Waals surface area contributed by atoms with Crippen molar-refractivity contribution in [2.75, 3.05) is 4.72 Å². The third kappa shape index (κ3) is 3.12. The lowest BCUT2D eigenvalue weighted by atomic mass is 10.2. The smallest absolute Gasteiger partial charge is 0.339 e. The number of benzene rings is 1. The Bertz CT molecular complexity index is 584. The molecule has 1 aromatic rings. The number of carbonyl (C=O) groups is 1. The zero-order valence-corrected chi connectivity index (χ0v) is 10.8. The van der Waals surface area contributed by atoms with Gasteiger partial charge in [0.15, 0.2) is 0 Å². The van der Waals surface area contributed by atoms with Gasteiger partial charge in [-0.05, 0) is 25.0 Å². The molecule has 0 radical (unpaired) electrons. The average molecular weight is 291 g/mol. The highest BCUT2D eigenvalue weighted by Crippen LogP contribution is 2.26. The van der Waals surface area contributed by atoms with Crippen molar-refractivity contribution in [1.29, 1.82) is 0 Å². The number of halogens is 1. The summed E-state index contributed by atoms with van der Waals surface area (Å²) in [6.45, 7) is 0. The van der Waals surface area contributed by atoms with Gasteiger partial charge in [0.1, 0.15) is 5.56 Å². The molecule has 1 saturated carbocycles. The van der Waals surface area contributed by atoms with Gasteiger partial charge in [0.2, 0.25) is 0 Å². The lowest BCUT2D eigenvalue weighted by molar-refractivity contribution is 0.0698. The lowest BCUT2D eigenvalue weighted by Crippen LogP contribution is -2.32. The van der Waals surface area contributed by atoms with Crippen LogP contribution in [0.15, 0.2) is 18.2 Å². The minimum atomic E-state index is -3.77. The van der Waals surface area contributed by atoms with Gasteiger partial charge in [-0.25, -0.2) is 4.79 Å². The highest BCUT2D eigenvalue weighted by atomic mass is 35.5. The molecule has 18 heavy (non-hydrogen) atoms. The van der Waals surface area contributed by atoms with Crippen LogP contribution in [0.2, 0.25) is 5.02 Å². The first kappa shape index (κ1) is 13.1. The Hall–Kier alpha value is -1.31. The van der Waals surface area contributed by atoms with Crippen molar-refractivity contribution < 1.29 is 18.3 Å². The molecule has 0 spiro atoms. The first-order valence-corrected chi connectivity index (χ1v) is 7.07. The van der Waals surface area contributed by atoms with E-state index in [0.29, 0.717) is 0 Å². The minimum absolute atomic E-state index is 0.0193. The first-order valence-electron chi connectivity index (χ1n) is 5.21. The van der Waals surface area contributed by atoms with Crippen molar-refractivity contribution >= 4 is 33.5 Å². The predicted molar refractivity (Wildman–Crippen MR) is 67.1 cm³/mol. The lowest BCUT2D eigenvalue weighted by Gasteiger charge is -2.11. The second kappa shape index (κ2) is 4.75. The van der Waals surface area contributed by atoms with Crippen LogP contribution >= 0.6 is 11.6 Å². The van der Waals surface area contributed by atoms with Crippen molar-refractivity contribution in [3.8, 4) is 0 Å². The standard InChI is InChI=1S/C10H11ClN2O4S/c11-7-2-1-3-8(9(7)10(14)15)13-18(16,17)12-6-4-5-6/h1-3,6,12-13H,4-5H2,(H,14,15). The molecule has 0 heterocycles. The largest absolute Gasteiger partial charge is 0.478 e. The van der Waals surface area contributed by atoms with E-state index in [2.05, 4.69) is 9.44 Å². The molecule has 0 aromatic heterocycles. The molecule has 8 heteroatoms. The summed E-state index contributed by atoms with van der Waals surface area (Å²) in [7, 11) is -3.77. The Morgan fingerprint density at radius 1 is 1.39 bits per heavy atom. The van der Waals surface area contributed by atoms with Crippen molar-refractivity contribution in [2.24, 2.45) is 0 Å². The Morgan fingerprint density at radius 2 is 2.06 bits per heavy atom. The number of rotatable bonds is 5. The van der Waals surface area contributed by atoms with Gasteiger partial charge in [0.05, 0.1) is 10.7 Å². The topological polar surface area (TPSA) is 95.5 Å². The highest BCUT2D eigenvalue weighted by Gasteiger charge is 2.27. The third-order valence-corrected chi connectivity index (χ3v) is 3.82. The number of aromatic carboxylic acids is 1. The van der Waals surface area contributed by atoms with Gasteiger partial charge in [0.25, 0.3) is 10.2 Å². The molecule has 6 nitrogen and oxygen atoms in total. The Morgan fingerprint density at radius 3 is 2.61 bits per heavy atom. The zero-order valence-electron chi connectivity index (χ0n) is 9.18. The van der Waals surface area contributed by atoms with Crippen molar-refractivity contribution in [1.82, 2.24) is 4.72 Å². The van der Waals surface area contributed by atoms with Crippen LogP contribution in [0.25, 0.3) is 0 Å². The Labute approximate surface area is 109 Å². The van der Waals surface area contributed by atoms with Crippen molar-refractivity contribution in [3.63, 3.8) is 0 Å². The van der Waals surface area contributed by atoms with Crippen molar-refractivity contribution in [3.05, 3.63) is 28.8 Å². The number of hydrogen-bond donors (Lipinski definition) is 3. The van der Waals surface area contributed by atoms with Crippen LogP contribution in [-0.2, 0) is 10.2 Å². The minimum Gasteiger partial charge on any atom is -0.478 e. The second-order valence-electron chi connectivity index (χ2n) is 3.97. The molecular weight excluding hydrogens is 280 g/mol. The molecular formula is C10H11ClN2O4S. The van der Waals surface area contributed by atoms with Gasteiger partial charge < -0.3 is 5.11 Å². The summed E-state index contributed by atoms with van der Waals surface area (Å²) >= 11 is 5.74. The summed E-state index contributed by atoms with van der Waals surface area (Å²) in [5.41, 5.74) is -0.316. The average Bonchev–Trinajstić information content (AvgIpc) is 2.99. The van der Waals surface area contributed by atoms with Crippen LogP contribution in [0.5, 0.6) is 0 Å². The molecule has 1 fully saturated rings. The van der Waals surface area contributed by atoms with E-state index in [-0.39, 0.29) is 22.3 Å². The summed E-state index contributed by atoms with van der Waals surface area (Å²) < 4.78 is 27.9. The summed E-state index contributed by atoms with van der Waals surface area (Å²) in [5.74, 6) is -1.29. The van der Waals surface area contributed by atoms with Crippen LogP contribution < -0.4 is 9.44 Å². The summed E-state index contributed by atoms with van der Waals surface area (Å²) in [6.07, 6.45) is 1.59. The molecule has 1 aliphatic carbocycles. The fourth-order valence-electron chi connectivity index (χ4n) is 1.42. The van der Waals surface area contributed by atoms with Gasteiger partial charge in [-0.1, -0.05) is 17.7 Å². The van der Waals surface area contributed by atoms with Crippen LogP contribution in [0, 0.1) is 0 Å².